The van der Waals surface area contributed by atoms with Crippen molar-refractivity contribution >= 4 is 0 Å². The number of aliphatic hydroxyl groups is 1. The molecule has 2 atom stereocenters. The van der Waals surface area contributed by atoms with Crippen LogP contribution >= 0.6 is 0 Å². The predicted octanol–water partition coefficient (Wildman–Crippen LogP) is 3.02. The summed E-state index contributed by atoms with van der Waals surface area (Å²) in [4.78, 5) is 0. The van der Waals surface area contributed by atoms with E-state index in [1.165, 1.54) is 12.1 Å². The maximum atomic E-state index is 13.2. The highest BCUT2D eigenvalue weighted by Crippen LogP contribution is 2.31. The van der Waals surface area contributed by atoms with E-state index in [1.807, 2.05) is 30.3 Å². The van der Waals surface area contributed by atoms with Crippen LogP contribution in [0, 0.1) is 5.82 Å². The van der Waals surface area contributed by atoms with Crippen LogP contribution in [0.15, 0.2) is 48.5 Å². The second-order valence-corrected chi connectivity index (χ2v) is 5.88. The van der Waals surface area contributed by atoms with Crippen molar-refractivity contribution in [2.24, 2.45) is 0 Å². The summed E-state index contributed by atoms with van der Waals surface area (Å²) in [6, 6.07) is 14.4. The molecular formula is C18H20FNO2. The van der Waals surface area contributed by atoms with Gasteiger partial charge < -0.3 is 9.84 Å². The molecule has 0 aliphatic carbocycles. The number of hydrogen-bond donors (Lipinski definition) is 2. The quantitative estimate of drug-likeness (QED) is 0.853. The smallest absolute Gasteiger partial charge is 0.150 e. The van der Waals surface area contributed by atoms with Gasteiger partial charge in [0.25, 0.3) is 0 Å². The first-order chi connectivity index (χ1) is 10.5. The maximum absolute atomic E-state index is 13.2. The maximum Gasteiger partial charge on any atom is 0.150 e. The minimum atomic E-state index is -1.15. The number of rotatable bonds is 4. The van der Waals surface area contributed by atoms with Gasteiger partial charge in [-0.25, -0.2) is 4.39 Å². The largest absolute Gasteiger partial charge is 0.486 e. The van der Waals surface area contributed by atoms with Gasteiger partial charge in [-0.2, -0.15) is 0 Å². The van der Waals surface area contributed by atoms with Crippen LogP contribution in [-0.4, -0.2) is 16.9 Å². The average molecular weight is 301 g/mol. The van der Waals surface area contributed by atoms with E-state index in [2.05, 4.69) is 5.32 Å². The van der Waals surface area contributed by atoms with E-state index < -0.39 is 5.72 Å². The van der Waals surface area contributed by atoms with Crippen LogP contribution in [0.2, 0.25) is 0 Å². The topological polar surface area (TPSA) is 41.5 Å². The zero-order chi connectivity index (χ0) is 15.6. The number of nitrogens with one attached hydrogen (secondary N) is 1. The van der Waals surface area contributed by atoms with Crippen molar-refractivity contribution in [3.05, 3.63) is 65.5 Å². The molecule has 2 aromatic rings. The van der Waals surface area contributed by atoms with Crippen molar-refractivity contribution in [2.75, 3.05) is 0 Å². The number of benzene rings is 2. The number of hydrogen-bond acceptors (Lipinski definition) is 3. The second kappa shape index (κ2) is 6.07. The van der Waals surface area contributed by atoms with Gasteiger partial charge in [0.05, 0.1) is 0 Å². The fraction of sp³-hybridized carbons (Fsp3) is 0.333. The molecule has 1 heterocycles. The third kappa shape index (κ3) is 3.29. The lowest BCUT2D eigenvalue weighted by Crippen LogP contribution is -2.55. The van der Waals surface area contributed by atoms with E-state index in [0.29, 0.717) is 25.1 Å². The molecular weight excluding hydrogens is 281 g/mol. The summed E-state index contributed by atoms with van der Waals surface area (Å²) in [5, 5.41) is 13.8. The zero-order valence-electron chi connectivity index (χ0n) is 12.6. The van der Waals surface area contributed by atoms with Crippen LogP contribution in [-0.2, 0) is 13.0 Å². The van der Waals surface area contributed by atoms with Crippen molar-refractivity contribution in [3.8, 4) is 5.75 Å². The molecule has 0 saturated carbocycles. The molecule has 4 heteroatoms. The van der Waals surface area contributed by atoms with Gasteiger partial charge >= 0.3 is 0 Å². The van der Waals surface area contributed by atoms with Gasteiger partial charge in [0, 0.05) is 6.54 Å². The summed E-state index contributed by atoms with van der Waals surface area (Å²) < 4.78 is 19.1. The van der Waals surface area contributed by atoms with E-state index in [-0.39, 0.29) is 11.9 Å². The predicted molar refractivity (Wildman–Crippen MR) is 83.0 cm³/mol. The fourth-order valence-corrected chi connectivity index (χ4v) is 2.74. The molecule has 0 bridgehead atoms. The summed E-state index contributed by atoms with van der Waals surface area (Å²) in [7, 11) is 0. The molecule has 1 aliphatic heterocycles. The zero-order valence-corrected chi connectivity index (χ0v) is 12.6. The number of ether oxygens (including phenoxy) is 1. The molecule has 0 radical (unpaired) electrons. The van der Waals surface area contributed by atoms with E-state index in [4.69, 9.17) is 4.74 Å². The Morgan fingerprint density at radius 3 is 2.82 bits per heavy atom. The highest BCUT2D eigenvalue weighted by Gasteiger charge is 2.36. The Hall–Kier alpha value is -1.91. The molecule has 0 amide bonds. The Morgan fingerprint density at radius 2 is 2.05 bits per heavy atom. The van der Waals surface area contributed by atoms with Crippen LogP contribution in [0.4, 0.5) is 4.39 Å². The number of halogens is 1. The first kappa shape index (κ1) is 15.0. The number of aryl methyl sites for hydroxylation is 1. The molecule has 0 spiro atoms. The highest BCUT2D eigenvalue weighted by molar-refractivity contribution is 5.36. The van der Waals surface area contributed by atoms with E-state index in [1.54, 1.807) is 13.0 Å². The molecule has 2 aromatic carbocycles. The Morgan fingerprint density at radius 1 is 1.27 bits per heavy atom. The summed E-state index contributed by atoms with van der Waals surface area (Å²) in [6.07, 6.45) is 0.973. The van der Waals surface area contributed by atoms with E-state index >= 15 is 0 Å². The van der Waals surface area contributed by atoms with Gasteiger partial charge in [0.2, 0.25) is 0 Å². The Balaban J connectivity index is 1.67. The third-order valence-corrected chi connectivity index (χ3v) is 4.09. The van der Waals surface area contributed by atoms with Gasteiger partial charge in [-0.05, 0) is 49.1 Å². The summed E-state index contributed by atoms with van der Waals surface area (Å²) in [5.74, 6) is 0.397. The highest BCUT2D eigenvalue weighted by atomic mass is 19.1. The van der Waals surface area contributed by atoms with Crippen molar-refractivity contribution in [2.45, 2.75) is 38.1 Å². The molecule has 3 nitrogen and oxygen atoms in total. The fourth-order valence-electron chi connectivity index (χ4n) is 2.74. The summed E-state index contributed by atoms with van der Waals surface area (Å²) in [5.41, 5.74) is 0.804. The molecule has 116 valence electrons. The lowest BCUT2D eigenvalue weighted by atomic mass is 9.96. The molecule has 3 rings (SSSR count). The van der Waals surface area contributed by atoms with Crippen LogP contribution in [0.3, 0.4) is 0 Å². The number of fused-ring (bicyclic) bond motifs is 1. The van der Waals surface area contributed by atoms with Gasteiger partial charge in [-0.15, -0.1) is 0 Å². The van der Waals surface area contributed by atoms with Crippen LogP contribution in [0.5, 0.6) is 5.75 Å². The second-order valence-electron chi connectivity index (χ2n) is 5.88. The van der Waals surface area contributed by atoms with Crippen molar-refractivity contribution in [1.29, 1.82) is 0 Å². The molecule has 22 heavy (non-hydrogen) atoms. The van der Waals surface area contributed by atoms with Crippen molar-refractivity contribution < 1.29 is 14.2 Å². The molecule has 0 aromatic heterocycles. The SMILES string of the molecule is CC(O)(NCc1ccccc1)[C@H]1CCc2cc(F)ccc2O1. The summed E-state index contributed by atoms with van der Waals surface area (Å²) in [6.45, 7) is 2.28. The standard InChI is InChI=1S/C18H20FNO2/c1-18(21,20-12-13-5-3-2-4-6-13)17-10-7-14-11-15(19)8-9-16(14)22-17/h2-6,8-9,11,17,20-21H,7,10,12H2,1H3/t17-,18?/m1/s1. The lowest BCUT2D eigenvalue weighted by molar-refractivity contribution is -0.0815. The van der Waals surface area contributed by atoms with Gasteiger partial charge in [-0.3, -0.25) is 5.32 Å². The minimum absolute atomic E-state index is 0.255. The normalized spacial score (nSPS) is 19.9. The average Bonchev–Trinajstić information content (AvgIpc) is 2.53. The molecule has 2 N–H and O–H groups in total. The lowest BCUT2D eigenvalue weighted by Gasteiger charge is -2.37. The van der Waals surface area contributed by atoms with Crippen molar-refractivity contribution in [3.63, 3.8) is 0 Å². The monoisotopic (exact) mass is 301 g/mol. The Kier molecular flexibility index (Phi) is 4.14. The Bertz CT molecular complexity index is 643. The van der Waals surface area contributed by atoms with E-state index in [0.717, 1.165) is 11.1 Å². The summed E-state index contributed by atoms with van der Waals surface area (Å²) >= 11 is 0. The molecule has 1 aliphatic rings. The van der Waals surface area contributed by atoms with Crippen molar-refractivity contribution in [1.82, 2.24) is 5.32 Å². The van der Waals surface area contributed by atoms with Crippen LogP contribution in [0.1, 0.15) is 24.5 Å². The Labute approximate surface area is 129 Å². The minimum Gasteiger partial charge on any atom is -0.486 e. The third-order valence-electron chi connectivity index (χ3n) is 4.09. The molecule has 0 fully saturated rings. The van der Waals surface area contributed by atoms with Gasteiger partial charge in [-0.1, -0.05) is 30.3 Å². The van der Waals surface area contributed by atoms with Gasteiger partial charge in [0.15, 0.2) is 5.72 Å². The van der Waals surface area contributed by atoms with Crippen LogP contribution in [0.25, 0.3) is 0 Å². The molecule has 0 saturated heterocycles. The van der Waals surface area contributed by atoms with Gasteiger partial charge in [0.1, 0.15) is 17.7 Å². The van der Waals surface area contributed by atoms with Crippen LogP contribution < -0.4 is 10.1 Å². The molecule has 1 unspecified atom stereocenters. The van der Waals surface area contributed by atoms with E-state index in [9.17, 15) is 9.50 Å². The first-order valence-electron chi connectivity index (χ1n) is 7.51. The first-order valence-corrected chi connectivity index (χ1v) is 7.51.